The number of piperidine rings is 1. The lowest BCUT2D eigenvalue weighted by atomic mass is 9.83. The predicted molar refractivity (Wildman–Crippen MR) is 92.4 cm³/mol. The molecule has 2 aliphatic heterocycles. The van der Waals surface area contributed by atoms with Gasteiger partial charge < -0.3 is 5.32 Å². The van der Waals surface area contributed by atoms with Gasteiger partial charge in [0, 0.05) is 30.1 Å². The van der Waals surface area contributed by atoms with E-state index in [0.29, 0.717) is 6.04 Å². The highest BCUT2D eigenvalue weighted by Gasteiger charge is 2.53. The van der Waals surface area contributed by atoms with Gasteiger partial charge in [0.05, 0.1) is 6.54 Å². The molecule has 3 atom stereocenters. The molecule has 2 aliphatic rings. The normalized spacial score (nSPS) is 30.3. The molecule has 23 heavy (non-hydrogen) atoms. The molecule has 3 rings (SSSR count). The summed E-state index contributed by atoms with van der Waals surface area (Å²) >= 11 is 0. The molecule has 2 fully saturated rings. The van der Waals surface area contributed by atoms with Crippen LogP contribution in [0, 0.1) is 0 Å². The van der Waals surface area contributed by atoms with E-state index in [1.54, 1.807) is 0 Å². The molecule has 2 heterocycles. The summed E-state index contributed by atoms with van der Waals surface area (Å²) in [5.41, 5.74) is 1.08. The van der Waals surface area contributed by atoms with Crippen molar-refractivity contribution in [2.75, 3.05) is 6.54 Å². The molecule has 0 saturated carbocycles. The minimum absolute atomic E-state index is 0. The quantitative estimate of drug-likeness (QED) is 0.873. The number of halogens is 3. The summed E-state index contributed by atoms with van der Waals surface area (Å²) in [7, 11) is 0. The fraction of sp³-hybridized carbons (Fsp3) is 0.667. The molecule has 0 amide bonds. The van der Waals surface area contributed by atoms with Crippen molar-refractivity contribution in [3.05, 3.63) is 35.9 Å². The zero-order chi connectivity index (χ0) is 16.0. The molecule has 5 heteroatoms. The Morgan fingerprint density at radius 3 is 2.48 bits per heavy atom. The van der Waals surface area contributed by atoms with Gasteiger partial charge >= 0.3 is 0 Å². The highest BCUT2D eigenvalue weighted by Crippen LogP contribution is 2.43. The largest absolute Gasteiger partial charge is 0.307 e. The Balaban J connectivity index is 0.00000192. The average Bonchev–Trinajstić information content (AvgIpc) is 2.74. The Kier molecular flexibility index (Phi) is 5.39. The van der Waals surface area contributed by atoms with E-state index in [4.69, 9.17) is 0 Å². The first-order chi connectivity index (χ1) is 10.3. The molecule has 1 N–H and O–H groups in total. The monoisotopic (exact) mass is 344 g/mol. The van der Waals surface area contributed by atoms with E-state index in [0.717, 1.165) is 12.8 Å². The van der Waals surface area contributed by atoms with E-state index in [1.807, 2.05) is 23.1 Å². The number of alkyl halides is 2. The van der Waals surface area contributed by atoms with Crippen LogP contribution in [0.1, 0.15) is 51.6 Å². The van der Waals surface area contributed by atoms with E-state index in [9.17, 15) is 8.78 Å². The van der Waals surface area contributed by atoms with Crippen LogP contribution < -0.4 is 5.32 Å². The lowest BCUT2D eigenvalue weighted by Crippen LogP contribution is -2.57. The van der Waals surface area contributed by atoms with E-state index >= 15 is 0 Å². The van der Waals surface area contributed by atoms with Crippen LogP contribution in [0.2, 0.25) is 0 Å². The third-order valence-corrected chi connectivity index (χ3v) is 5.24. The molecule has 0 aromatic heterocycles. The van der Waals surface area contributed by atoms with Crippen molar-refractivity contribution in [2.24, 2.45) is 0 Å². The Labute approximate surface area is 144 Å². The standard InChI is InChI=1S/C18H26F2N2.ClH/c1-13(14-7-5-4-6-8-14)21-15-9-16-11-18(19,20)12-22(16)17(2,3)10-15;/h4-8,13,15-16,21H,9-12H2,1-3H3;1H/t13-,15?,16+;/m0./s1. The smallest absolute Gasteiger partial charge is 0.262 e. The zero-order valence-electron chi connectivity index (χ0n) is 14.1. The van der Waals surface area contributed by atoms with Gasteiger partial charge in [-0.1, -0.05) is 30.3 Å². The molecular weight excluding hydrogens is 318 g/mol. The van der Waals surface area contributed by atoms with Gasteiger partial charge in [-0.25, -0.2) is 8.78 Å². The summed E-state index contributed by atoms with van der Waals surface area (Å²) < 4.78 is 27.6. The van der Waals surface area contributed by atoms with Crippen molar-refractivity contribution in [1.29, 1.82) is 0 Å². The van der Waals surface area contributed by atoms with E-state index in [1.165, 1.54) is 5.56 Å². The summed E-state index contributed by atoms with van der Waals surface area (Å²) in [6, 6.07) is 10.9. The van der Waals surface area contributed by atoms with Crippen molar-refractivity contribution in [2.45, 2.75) is 69.6 Å². The van der Waals surface area contributed by atoms with Gasteiger partial charge in [-0.2, -0.15) is 0 Å². The molecule has 0 radical (unpaired) electrons. The first-order valence-corrected chi connectivity index (χ1v) is 8.22. The van der Waals surface area contributed by atoms with Gasteiger partial charge in [-0.3, -0.25) is 4.90 Å². The van der Waals surface area contributed by atoms with Crippen LogP contribution in [0.4, 0.5) is 8.78 Å². The number of nitrogens with one attached hydrogen (secondary N) is 1. The molecule has 1 unspecified atom stereocenters. The van der Waals surface area contributed by atoms with E-state index in [2.05, 4.69) is 38.2 Å². The van der Waals surface area contributed by atoms with Gasteiger partial charge in [-0.15, -0.1) is 12.4 Å². The van der Waals surface area contributed by atoms with E-state index in [-0.39, 0.29) is 43.0 Å². The molecule has 0 spiro atoms. The highest BCUT2D eigenvalue weighted by molar-refractivity contribution is 5.85. The number of fused-ring (bicyclic) bond motifs is 1. The van der Waals surface area contributed by atoms with Crippen molar-refractivity contribution in [3.8, 4) is 0 Å². The summed E-state index contributed by atoms with van der Waals surface area (Å²) in [6.45, 7) is 6.27. The van der Waals surface area contributed by atoms with Crippen molar-refractivity contribution in [3.63, 3.8) is 0 Å². The van der Waals surface area contributed by atoms with Crippen LogP contribution in [0.15, 0.2) is 30.3 Å². The Hall–Kier alpha value is -0.710. The van der Waals surface area contributed by atoms with Crippen molar-refractivity contribution in [1.82, 2.24) is 10.2 Å². The van der Waals surface area contributed by atoms with Crippen molar-refractivity contribution >= 4 is 12.4 Å². The van der Waals surface area contributed by atoms with Gasteiger partial charge in [0.2, 0.25) is 0 Å². The molecule has 2 nitrogen and oxygen atoms in total. The lowest BCUT2D eigenvalue weighted by molar-refractivity contribution is -0.00976. The first-order valence-electron chi connectivity index (χ1n) is 8.22. The van der Waals surface area contributed by atoms with Crippen LogP contribution in [0.5, 0.6) is 0 Å². The second-order valence-corrected chi connectivity index (χ2v) is 7.59. The summed E-state index contributed by atoms with van der Waals surface area (Å²) in [5, 5.41) is 3.66. The minimum atomic E-state index is -2.53. The van der Waals surface area contributed by atoms with Crippen LogP contribution in [-0.4, -0.2) is 35.0 Å². The molecule has 1 aromatic rings. The number of benzene rings is 1. The fourth-order valence-electron chi connectivity index (χ4n) is 4.27. The second kappa shape index (κ2) is 6.66. The fourth-order valence-corrected chi connectivity index (χ4v) is 4.27. The number of rotatable bonds is 3. The average molecular weight is 345 g/mol. The van der Waals surface area contributed by atoms with E-state index < -0.39 is 5.92 Å². The Morgan fingerprint density at radius 1 is 1.17 bits per heavy atom. The number of hydrogen-bond donors (Lipinski definition) is 1. The van der Waals surface area contributed by atoms with Crippen LogP contribution in [-0.2, 0) is 0 Å². The molecule has 0 aliphatic carbocycles. The molecule has 2 saturated heterocycles. The van der Waals surface area contributed by atoms with Gasteiger partial charge in [0.15, 0.2) is 0 Å². The molecule has 0 bridgehead atoms. The minimum Gasteiger partial charge on any atom is -0.307 e. The van der Waals surface area contributed by atoms with Crippen molar-refractivity contribution < 1.29 is 8.78 Å². The summed E-state index contributed by atoms with van der Waals surface area (Å²) in [6.07, 6.45) is 1.74. The molecule has 130 valence electrons. The number of hydrogen-bond acceptors (Lipinski definition) is 2. The Morgan fingerprint density at radius 2 is 1.83 bits per heavy atom. The van der Waals surface area contributed by atoms with Crippen LogP contribution >= 0.6 is 12.4 Å². The SMILES string of the molecule is C[C@H](NC1C[C@@H]2CC(F)(F)CN2C(C)(C)C1)c1ccccc1.Cl. The maximum Gasteiger partial charge on any atom is 0.262 e. The highest BCUT2D eigenvalue weighted by atomic mass is 35.5. The second-order valence-electron chi connectivity index (χ2n) is 7.59. The molecular formula is C18H27ClF2N2. The molecule has 1 aromatic carbocycles. The van der Waals surface area contributed by atoms with Gasteiger partial charge in [0.25, 0.3) is 5.92 Å². The van der Waals surface area contributed by atoms with Gasteiger partial charge in [-0.05, 0) is 39.2 Å². The summed E-state index contributed by atoms with van der Waals surface area (Å²) in [5.74, 6) is -2.53. The summed E-state index contributed by atoms with van der Waals surface area (Å²) in [4.78, 5) is 2.03. The topological polar surface area (TPSA) is 15.3 Å². The first kappa shape index (κ1) is 18.6. The van der Waals surface area contributed by atoms with Gasteiger partial charge in [0.1, 0.15) is 0 Å². The predicted octanol–water partition coefficient (Wildman–Crippen LogP) is 4.41. The zero-order valence-corrected chi connectivity index (χ0v) is 14.9. The maximum atomic E-state index is 13.8. The van der Waals surface area contributed by atoms with Crippen LogP contribution in [0.25, 0.3) is 0 Å². The lowest BCUT2D eigenvalue weighted by Gasteiger charge is -2.48. The third-order valence-electron chi connectivity index (χ3n) is 5.24. The maximum absolute atomic E-state index is 13.8. The van der Waals surface area contributed by atoms with Crippen LogP contribution in [0.3, 0.4) is 0 Å². The number of nitrogens with zero attached hydrogens (tertiary/aromatic N) is 1. The third kappa shape index (κ3) is 4.04. The Bertz CT molecular complexity index is 521.